The lowest BCUT2D eigenvalue weighted by atomic mass is 10.1. The van der Waals surface area contributed by atoms with Gasteiger partial charge in [0.1, 0.15) is 6.04 Å². The van der Waals surface area contributed by atoms with Gasteiger partial charge in [-0.2, -0.15) is 0 Å². The van der Waals surface area contributed by atoms with E-state index in [1.165, 1.54) is 19.3 Å². The molecule has 5 nitrogen and oxygen atoms in total. The summed E-state index contributed by atoms with van der Waals surface area (Å²) in [6.07, 6.45) is 11.5. The molecule has 0 saturated carbocycles. The van der Waals surface area contributed by atoms with E-state index in [0.29, 0.717) is 19.4 Å². The maximum Gasteiger partial charge on any atom is 0.320 e. The minimum absolute atomic E-state index is 0.110. The van der Waals surface area contributed by atoms with E-state index in [1.54, 1.807) is 19.0 Å². The van der Waals surface area contributed by atoms with Gasteiger partial charge in [-0.05, 0) is 52.6 Å². The molecule has 0 aromatic heterocycles. The van der Waals surface area contributed by atoms with Crippen molar-refractivity contribution in [3.05, 3.63) is 12.7 Å². The molecule has 0 aliphatic heterocycles. The zero-order valence-corrected chi connectivity index (χ0v) is 14.9. The van der Waals surface area contributed by atoms with E-state index in [0.717, 1.165) is 32.1 Å². The molecular formula is C18H34N2O3. The van der Waals surface area contributed by atoms with Crippen LogP contribution in [0.25, 0.3) is 0 Å². The fraction of sp³-hybridized carbons (Fsp3) is 0.778. The van der Waals surface area contributed by atoms with Crippen LogP contribution < -0.4 is 5.32 Å². The fourth-order valence-corrected chi connectivity index (χ4v) is 2.49. The number of carbonyl (C=O) groups excluding carboxylic acids is 1. The Bertz CT molecular complexity index is 343. The minimum atomic E-state index is -0.785. The maximum atomic E-state index is 11.7. The first-order valence-electron chi connectivity index (χ1n) is 8.76. The zero-order chi connectivity index (χ0) is 17.5. The smallest absolute Gasteiger partial charge is 0.320 e. The van der Waals surface area contributed by atoms with Gasteiger partial charge in [0, 0.05) is 13.0 Å². The van der Waals surface area contributed by atoms with Crippen LogP contribution in [-0.2, 0) is 9.59 Å². The molecule has 134 valence electrons. The second-order valence-corrected chi connectivity index (χ2v) is 6.26. The van der Waals surface area contributed by atoms with Gasteiger partial charge in [0.2, 0.25) is 5.91 Å². The fourth-order valence-electron chi connectivity index (χ4n) is 2.49. The molecular weight excluding hydrogens is 292 g/mol. The van der Waals surface area contributed by atoms with Crippen LogP contribution in [0.1, 0.15) is 64.2 Å². The van der Waals surface area contributed by atoms with E-state index in [9.17, 15) is 9.59 Å². The number of rotatable bonds is 15. The number of allylic oxidation sites excluding steroid dienone is 1. The van der Waals surface area contributed by atoms with E-state index in [1.807, 2.05) is 6.08 Å². The molecule has 0 rings (SSSR count). The number of unbranched alkanes of at least 4 members (excludes halogenated alkanes) is 6. The van der Waals surface area contributed by atoms with Crippen molar-refractivity contribution < 1.29 is 14.7 Å². The average molecular weight is 326 g/mol. The number of nitrogens with zero attached hydrogens (tertiary/aromatic N) is 1. The van der Waals surface area contributed by atoms with Crippen LogP contribution in [-0.4, -0.2) is 48.6 Å². The predicted molar refractivity (Wildman–Crippen MR) is 94.5 cm³/mol. The van der Waals surface area contributed by atoms with Crippen LogP contribution in [0.15, 0.2) is 12.7 Å². The summed E-state index contributed by atoms with van der Waals surface area (Å²) >= 11 is 0. The Morgan fingerprint density at radius 2 is 1.74 bits per heavy atom. The molecule has 0 aromatic carbocycles. The Morgan fingerprint density at radius 1 is 1.09 bits per heavy atom. The molecule has 0 aliphatic carbocycles. The van der Waals surface area contributed by atoms with Gasteiger partial charge in [-0.25, -0.2) is 0 Å². The molecule has 0 radical (unpaired) electrons. The minimum Gasteiger partial charge on any atom is -0.480 e. The van der Waals surface area contributed by atoms with Crippen molar-refractivity contribution in [3.63, 3.8) is 0 Å². The Morgan fingerprint density at radius 3 is 2.35 bits per heavy atom. The van der Waals surface area contributed by atoms with Gasteiger partial charge in [-0.3, -0.25) is 14.5 Å². The molecule has 0 bridgehead atoms. The third-order valence-electron chi connectivity index (χ3n) is 3.95. The highest BCUT2D eigenvalue weighted by atomic mass is 16.4. The standard InChI is InChI=1S/C18H34N2O3/c1-4-5-6-7-8-9-10-14-17(21)19-15-12-11-13-16(18(22)23)20(2)3/h4,16H,1,5-15H2,2-3H3,(H,19,21)(H,22,23)/t16-/m0/s1. The van der Waals surface area contributed by atoms with Crippen LogP contribution in [0.4, 0.5) is 0 Å². The first-order chi connectivity index (χ1) is 11.0. The van der Waals surface area contributed by atoms with Crippen molar-refractivity contribution in [2.24, 2.45) is 0 Å². The normalized spacial score (nSPS) is 12.1. The van der Waals surface area contributed by atoms with Gasteiger partial charge in [-0.15, -0.1) is 6.58 Å². The number of carbonyl (C=O) groups is 2. The van der Waals surface area contributed by atoms with Gasteiger partial charge >= 0.3 is 5.97 Å². The molecule has 23 heavy (non-hydrogen) atoms. The van der Waals surface area contributed by atoms with Crippen LogP contribution in [0, 0.1) is 0 Å². The number of amides is 1. The largest absolute Gasteiger partial charge is 0.480 e. The second kappa shape index (κ2) is 14.2. The van der Waals surface area contributed by atoms with Crippen molar-refractivity contribution >= 4 is 11.9 Å². The van der Waals surface area contributed by atoms with Gasteiger partial charge in [0.25, 0.3) is 0 Å². The third-order valence-corrected chi connectivity index (χ3v) is 3.95. The van der Waals surface area contributed by atoms with E-state index >= 15 is 0 Å². The molecule has 0 aliphatic rings. The zero-order valence-electron chi connectivity index (χ0n) is 14.9. The highest BCUT2D eigenvalue weighted by Gasteiger charge is 2.18. The molecule has 0 saturated heterocycles. The van der Waals surface area contributed by atoms with Crippen molar-refractivity contribution in [1.82, 2.24) is 10.2 Å². The van der Waals surface area contributed by atoms with E-state index in [4.69, 9.17) is 5.11 Å². The average Bonchev–Trinajstić information content (AvgIpc) is 2.49. The third kappa shape index (κ3) is 12.8. The van der Waals surface area contributed by atoms with Gasteiger partial charge in [0.05, 0.1) is 0 Å². The summed E-state index contributed by atoms with van der Waals surface area (Å²) in [5.41, 5.74) is 0. The molecule has 0 fully saturated rings. The van der Waals surface area contributed by atoms with Crippen LogP contribution in [0.2, 0.25) is 0 Å². The summed E-state index contributed by atoms with van der Waals surface area (Å²) in [4.78, 5) is 24.4. The molecule has 0 aromatic rings. The topological polar surface area (TPSA) is 69.6 Å². The first-order valence-corrected chi connectivity index (χ1v) is 8.76. The lowest BCUT2D eigenvalue weighted by Gasteiger charge is -2.19. The summed E-state index contributed by atoms with van der Waals surface area (Å²) in [5, 5.41) is 12.0. The van der Waals surface area contributed by atoms with E-state index < -0.39 is 12.0 Å². The maximum absolute atomic E-state index is 11.7. The quantitative estimate of drug-likeness (QED) is 0.358. The monoisotopic (exact) mass is 326 g/mol. The Hall–Kier alpha value is -1.36. The summed E-state index contributed by atoms with van der Waals surface area (Å²) in [7, 11) is 3.55. The van der Waals surface area contributed by atoms with Gasteiger partial charge in [-0.1, -0.05) is 25.3 Å². The molecule has 2 N–H and O–H groups in total. The lowest BCUT2D eigenvalue weighted by molar-refractivity contribution is -0.142. The van der Waals surface area contributed by atoms with Gasteiger partial charge in [0.15, 0.2) is 0 Å². The summed E-state index contributed by atoms with van der Waals surface area (Å²) in [6, 6.07) is -0.438. The number of hydrogen-bond donors (Lipinski definition) is 2. The highest BCUT2D eigenvalue weighted by molar-refractivity contribution is 5.75. The van der Waals surface area contributed by atoms with Crippen LogP contribution in [0.3, 0.4) is 0 Å². The number of carboxylic acid groups (broad SMARTS) is 1. The number of hydrogen-bond acceptors (Lipinski definition) is 3. The van der Waals surface area contributed by atoms with Crippen molar-refractivity contribution in [2.45, 2.75) is 70.3 Å². The SMILES string of the molecule is C=CCCCCCCCC(=O)NCCCC[C@@H](C(=O)O)N(C)C. The van der Waals surface area contributed by atoms with Crippen molar-refractivity contribution in [2.75, 3.05) is 20.6 Å². The molecule has 1 amide bonds. The van der Waals surface area contributed by atoms with E-state index in [2.05, 4.69) is 11.9 Å². The number of carboxylic acids is 1. The van der Waals surface area contributed by atoms with Gasteiger partial charge < -0.3 is 10.4 Å². The molecule has 5 heteroatoms. The number of aliphatic carboxylic acids is 1. The summed E-state index contributed by atoms with van der Waals surface area (Å²) < 4.78 is 0. The highest BCUT2D eigenvalue weighted by Crippen LogP contribution is 2.08. The Labute approximate surface area is 141 Å². The summed E-state index contributed by atoms with van der Waals surface area (Å²) in [6.45, 7) is 4.34. The lowest BCUT2D eigenvalue weighted by Crippen LogP contribution is -2.35. The van der Waals surface area contributed by atoms with Crippen LogP contribution >= 0.6 is 0 Å². The van der Waals surface area contributed by atoms with E-state index in [-0.39, 0.29) is 5.91 Å². The second-order valence-electron chi connectivity index (χ2n) is 6.26. The predicted octanol–water partition coefficient (Wildman–Crippen LogP) is 3.20. The Kier molecular flexibility index (Phi) is 13.4. The molecule has 0 heterocycles. The van der Waals surface area contributed by atoms with Crippen LogP contribution in [0.5, 0.6) is 0 Å². The molecule has 0 unspecified atom stereocenters. The summed E-state index contributed by atoms with van der Waals surface area (Å²) in [5.74, 6) is -0.675. The molecule has 1 atom stereocenters. The molecule has 0 spiro atoms. The Balaban J connectivity index is 3.49. The van der Waals surface area contributed by atoms with Crippen molar-refractivity contribution in [1.29, 1.82) is 0 Å². The van der Waals surface area contributed by atoms with Crippen molar-refractivity contribution in [3.8, 4) is 0 Å². The number of likely N-dealkylation sites (N-methyl/N-ethyl adjacent to an activating group) is 1. The first kappa shape index (κ1) is 21.6. The number of nitrogens with one attached hydrogen (secondary N) is 1.